The van der Waals surface area contributed by atoms with E-state index in [1.807, 2.05) is 0 Å². The first-order valence-electron chi connectivity index (χ1n) is 8.32. The van der Waals surface area contributed by atoms with Crippen molar-refractivity contribution in [3.8, 4) is 5.75 Å². The fraction of sp³-hybridized carbons (Fsp3) is 0.278. The van der Waals surface area contributed by atoms with E-state index >= 15 is 0 Å². The molecule has 0 bridgehead atoms. The number of aryl methyl sites for hydroxylation is 1. The molecule has 0 atom stereocenters. The molecule has 150 valence electrons. The van der Waals surface area contributed by atoms with E-state index in [4.69, 9.17) is 33.7 Å². The highest BCUT2D eigenvalue weighted by Crippen LogP contribution is 2.31. The fourth-order valence-electron chi connectivity index (χ4n) is 2.30. The molecular weight excluding hydrogens is 407 g/mol. The largest absolute Gasteiger partial charge is 0.489 e. The van der Waals surface area contributed by atoms with Crippen LogP contribution in [0.3, 0.4) is 0 Å². The number of amides is 3. The van der Waals surface area contributed by atoms with Crippen molar-refractivity contribution in [1.82, 2.24) is 10.3 Å². The molecule has 5 N–H and O–H groups in total. The van der Waals surface area contributed by atoms with E-state index in [-0.39, 0.29) is 39.7 Å². The van der Waals surface area contributed by atoms with Crippen LogP contribution in [-0.4, -0.2) is 35.4 Å². The van der Waals surface area contributed by atoms with Crippen LogP contribution in [0.1, 0.15) is 40.4 Å². The highest BCUT2D eigenvalue weighted by Gasteiger charge is 2.20. The molecule has 0 aliphatic carbocycles. The summed E-state index contributed by atoms with van der Waals surface area (Å²) < 4.78 is 5.70. The number of aromatic nitrogens is 1. The van der Waals surface area contributed by atoms with Crippen molar-refractivity contribution in [3.63, 3.8) is 0 Å². The van der Waals surface area contributed by atoms with E-state index in [0.717, 1.165) is 0 Å². The lowest BCUT2D eigenvalue weighted by Gasteiger charge is -2.16. The molecule has 1 aromatic heterocycles. The van der Waals surface area contributed by atoms with Gasteiger partial charge in [-0.1, -0.05) is 23.2 Å². The van der Waals surface area contributed by atoms with Gasteiger partial charge in [-0.2, -0.15) is 0 Å². The van der Waals surface area contributed by atoms with Gasteiger partial charge in [-0.05, 0) is 39.0 Å². The first-order chi connectivity index (χ1) is 13.1. The fourth-order valence-corrected chi connectivity index (χ4v) is 2.72. The zero-order chi connectivity index (χ0) is 21.0. The highest BCUT2D eigenvalue weighted by atomic mass is 35.5. The third-order valence-corrected chi connectivity index (χ3v) is 4.51. The maximum Gasteiger partial charge on any atom is 0.273 e. The number of anilines is 1. The van der Waals surface area contributed by atoms with Crippen LogP contribution in [0.25, 0.3) is 0 Å². The summed E-state index contributed by atoms with van der Waals surface area (Å²) in [6, 6.07) is 4.45. The lowest BCUT2D eigenvalue weighted by atomic mass is 10.1. The minimum Gasteiger partial charge on any atom is -0.489 e. The first kappa shape index (κ1) is 21.6. The van der Waals surface area contributed by atoms with Gasteiger partial charge in [0.1, 0.15) is 11.4 Å². The molecule has 2 rings (SSSR count). The van der Waals surface area contributed by atoms with Crippen molar-refractivity contribution in [1.29, 1.82) is 0 Å². The van der Waals surface area contributed by atoms with Crippen molar-refractivity contribution >= 4 is 46.6 Å². The molecule has 8 nitrogen and oxygen atoms in total. The predicted octanol–water partition coefficient (Wildman–Crippen LogP) is 2.88. The Morgan fingerprint density at radius 2 is 1.86 bits per heavy atom. The van der Waals surface area contributed by atoms with Crippen LogP contribution in [0.4, 0.5) is 5.69 Å². The second kappa shape index (κ2) is 8.99. The minimum atomic E-state index is -0.660. The number of rotatable bonds is 7. The molecule has 1 aromatic carbocycles. The van der Waals surface area contributed by atoms with Crippen molar-refractivity contribution in [2.75, 3.05) is 11.9 Å². The minimum absolute atomic E-state index is 0.114. The Balaban J connectivity index is 2.29. The normalized spacial score (nSPS) is 10.6. The summed E-state index contributed by atoms with van der Waals surface area (Å²) in [5.41, 5.74) is 6.28. The molecule has 0 unspecified atom stereocenters. The van der Waals surface area contributed by atoms with Crippen LogP contribution in [0.15, 0.2) is 18.2 Å². The van der Waals surface area contributed by atoms with Crippen molar-refractivity contribution < 1.29 is 19.1 Å². The average Bonchev–Trinajstić information content (AvgIpc) is 2.88. The van der Waals surface area contributed by atoms with Crippen molar-refractivity contribution in [3.05, 3.63) is 45.2 Å². The van der Waals surface area contributed by atoms with Crippen molar-refractivity contribution in [2.24, 2.45) is 5.73 Å². The molecule has 0 aliphatic rings. The molecule has 28 heavy (non-hydrogen) atoms. The Kier molecular flexibility index (Phi) is 6.93. The SMILES string of the molecule is Cc1[nH]c(C(=O)Nc2ccc(C(=O)NCC(N)=O)cc2OC(C)C)c(Cl)c1Cl. The summed E-state index contributed by atoms with van der Waals surface area (Å²) in [4.78, 5) is 38.3. The standard InChI is InChI=1S/C18H20Cl2N4O4/c1-8(2)28-12-6-10(17(26)22-7-13(21)25)4-5-11(12)24-18(27)16-15(20)14(19)9(3)23-16/h4-6,8,23H,7H2,1-3H3,(H2,21,25)(H,22,26)(H,24,27). The number of hydrogen-bond donors (Lipinski definition) is 4. The molecule has 2 aromatic rings. The lowest BCUT2D eigenvalue weighted by molar-refractivity contribution is -0.117. The first-order valence-corrected chi connectivity index (χ1v) is 9.07. The van der Waals surface area contributed by atoms with Gasteiger partial charge in [-0.3, -0.25) is 14.4 Å². The number of hydrogen-bond acceptors (Lipinski definition) is 4. The van der Waals surface area contributed by atoms with Gasteiger partial charge in [0, 0.05) is 11.3 Å². The van der Waals surface area contributed by atoms with Gasteiger partial charge in [0.25, 0.3) is 11.8 Å². The summed E-state index contributed by atoms with van der Waals surface area (Å²) >= 11 is 12.1. The molecular formula is C18H20Cl2N4O4. The summed E-state index contributed by atoms with van der Waals surface area (Å²) in [6.45, 7) is 5.01. The molecule has 10 heteroatoms. The van der Waals surface area contributed by atoms with Gasteiger partial charge >= 0.3 is 0 Å². The number of benzene rings is 1. The summed E-state index contributed by atoms with van der Waals surface area (Å²) in [6.07, 6.45) is -0.217. The number of ether oxygens (including phenoxy) is 1. The number of nitrogens with one attached hydrogen (secondary N) is 3. The van der Waals surface area contributed by atoms with Crippen LogP contribution in [0.2, 0.25) is 10.0 Å². The van der Waals surface area contributed by atoms with Crippen LogP contribution in [-0.2, 0) is 4.79 Å². The smallest absolute Gasteiger partial charge is 0.273 e. The van der Waals surface area contributed by atoms with Crippen LogP contribution in [0, 0.1) is 6.92 Å². The highest BCUT2D eigenvalue weighted by molar-refractivity contribution is 6.44. The Morgan fingerprint density at radius 1 is 1.18 bits per heavy atom. The number of H-pyrrole nitrogens is 1. The van der Waals surface area contributed by atoms with Gasteiger partial charge in [-0.15, -0.1) is 0 Å². The zero-order valence-corrected chi connectivity index (χ0v) is 17.0. The van der Waals surface area contributed by atoms with Gasteiger partial charge in [0.15, 0.2) is 0 Å². The van der Waals surface area contributed by atoms with E-state index in [1.165, 1.54) is 18.2 Å². The lowest BCUT2D eigenvalue weighted by Crippen LogP contribution is -2.33. The van der Waals surface area contributed by atoms with E-state index in [0.29, 0.717) is 11.4 Å². The molecule has 0 radical (unpaired) electrons. The number of aromatic amines is 1. The van der Waals surface area contributed by atoms with Gasteiger partial charge < -0.3 is 26.1 Å². The summed E-state index contributed by atoms with van der Waals surface area (Å²) in [7, 11) is 0. The molecule has 0 aliphatic heterocycles. The van der Waals surface area contributed by atoms with E-state index in [2.05, 4.69) is 15.6 Å². The molecule has 0 fully saturated rings. The second-order valence-corrected chi connectivity index (χ2v) is 6.99. The van der Waals surface area contributed by atoms with Gasteiger partial charge in [0.05, 0.1) is 28.4 Å². The third-order valence-electron chi connectivity index (χ3n) is 3.56. The topological polar surface area (TPSA) is 126 Å². The van der Waals surface area contributed by atoms with Crippen LogP contribution >= 0.6 is 23.2 Å². The number of carbonyl (C=O) groups is 3. The number of carbonyl (C=O) groups excluding carboxylic acids is 3. The second-order valence-electron chi connectivity index (χ2n) is 6.23. The molecule has 3 amide bonds. The van der Waals surface area contributed by atoms with Crippen molar-refractivity contribution in [2.45, 2.75) is 26.9 Å². The molecule has 1 heterocycles. The number of primary amides is 1. The number of nitrogens with two attached hydrogens (primary N) is 1. The van der Waals surface area contributed by atoms with Gasteiger partial charge in [0.2, 0.25) is 5.91 Å². The maximum atomic E-state index is 12.6. The zero-order valence-electron chi connectivity index (χ0n) is 15.5. The van der Waals surface area contributed by atoms with Crippen LogP contribution in [0.5, 0.6) is 5.75 Å². The number of halogens is 2. The van der Waals surface area contributed by atoms with Gasteiger partial charge in [-0.25, -0.2) is 0 Å². The van der Waals surface area contributed by atoms with E-state index < -0.39 is 17.7 Å². The summed E-state index contributed by atoms with van der Waals surface area (Å²) in [5.74, 6) is -1.40. The van der Waals surface area contributed by atoms with E-state index in [9.17, 15) is 14.4 Å². The Labute approximate surface area is 171 Å². The monoisotopic (exact) mass is 426 g/mol. The maximum absolute atomic E-state index is 12.6. The summed E-state index contributed by atoms with van der Waals surface area (Å²) in [5, 5.41) is 5.46. The molecule has 0 saturated carbocycles. The van der Waals surface area contributed by atoms with Crippen LogP contribution < -0.4 is 21.1 Å². The Hall–Kier alpha value is -2.71. The Bertz CT molecular complexity index is 925. The molecule has 0 spiro atoms. The average molecular weight is 427 g/mol. The Morgan fingerprint density at radius 3 is 2.39 bits per heavy atom. The predicted molar refractivity (Wildman–Crippen MR) is 107 cm³/mol. The third kappa shape index (κ3) is 5.17. The molecule has 0 saturated heterocycles. The quantitative estimate of drug-likeness (QED) is 0.542. The van der Waals surface area contributed by atoms with E-state index in [1.54, 1.807) is 20.8 Å².